The van der Waals surface area contributed by atoms with Crippen molar-refractivity contribution in [1.82, 2.24) is 0 Å². The van der Waals surface area contributed by atoms with E-state index in [1.165, 1.54) is 16.7 Å². The van der Waals surface area contributed by atoms with Crippen LogP contribution in [-0.4, -0.2) is 12.3 Å². The molecule has 20 heavy (non-hydrogen) atoms. The number of aliphatic imine (C=N–C) groups is 1. The third-order valence-corrected chi connectivity index (χ3v) is 3.27. The number of rotatable bonds is 5. The van der Waals surface area contributed by atoms with Crippen LogP contribution < -0.4 is 0 Å². The van der Waals surface area contributed by atoms with Gasteiger partial charge in [-0.1, -0.05) is 60.7 Å². The summed E-state index contributed by atoms with van der Waals surface area (Å²) in [7, 11) is 0. The molecule has 0 atom stereocenters. The van der Waals surface area contributed by atoms with E-state index in [4.69, 9.17) is 0 Å². The maximum absolute atomic E-state index is 4.58. The lowest BCUT2D eigenvalue weighted by Gasteiger charge is -2.03. The van der Waals surface area contributed by atoms with Crippen molar-refractivity contribution in [2.45, 2.75) is 20.3 Å². The lowest BCUT2D eigenvalue weighted by molar-refractivity contribution is 1.13. The van der Waals surface area contributed by atoms with Crippen LogP contribution in [0.25, 0.3) is 0 Å². The van der Waals surface area contributed by atoms with Crippen LogP contribution in [0.2, 0.25) is 0 Å². The van der Waals surface area contributed by atoms with Gasteiger partial charge in [0.25, 0.3) is 0 Å². The summed E-state index contributed by atoms with van der Waals surface area (Å²) >= 11 is 0. The van der Waals surface area contributed by atoms with E-state index in [2.05, 4.69) is 79.5 Å². The van der Waals surface area contributed by atoms with E-state index in [1.54, 1.807) is 0 Å². The Balaban J connectivity index is 2.12. The van der Waals surface area contributed by atoms with Crippen molar-refractivity contribution in [3.63, 3.8) is 0 Å². The Bertz CT molecular complexity index is 594. The Morgan fingerprint density at radius 1 is 1.00 bits per heavy atom. The molecule has 0 aliphatic rings. The molecule has 0 N–H and O–H groups in total. The summed E-state index contributed by atoms with van der Waals surface area (Å²) in [4.78, 5) is 4.58. The largest absolute Gasteiger partial charge is 0.285 e. The zero-order chi connectivity index (χ0) is 14.2. The number of hydrogen-bond acceptors (Lipinski definition) is 1. The van der Waals surface area contributed by atoms with Gasteiger partial charge in [-0.05, 0) is 43.0 Å². The van der Waals surface area contributed by atoms with Crippen LogP contribution in [-0.2, 0) is 6.42 Å². The summed E-state index contributed by atoms with van der Waals surface area (Å²) in [5.74, 6) is 0. The minimum atomic E-state index is 0.804. The molecule has 0 bridgehead atoms. The number of hydrogen-bond donors (Lipinski definition) is 0. The van der Waals surface area contributed by atoms with Gasteiger partial charge in [0, 0.05) is 6.54 Å². The van der Waals surface area contributed by atoms with E-state index in [1.807, 2.05) is 6.07 Å². The number of nitrogens with zero attached hydrogens (tertiary/aromatic N) is 1. The van der Waals surface area contributed by atoms with Crippen molar-refractivity contribution in [1.29, 1.82) is 0 Å². The van der Waals surface area contributed by atoms with Crippen LogP contribution in [0.3, 0.4) is 0 Å². The van der Waals surface area contributed by atoms with Gasteiger partial charge in [-0.25, -0.2) is 0 Å². The molecule has 0 amide bonds. The molecule has 0 heterocycles. The molecule has 0 fully saturated rings. The molecule has 0 aliphatic heterocycles. The van der Waals surface area contributed by atoms with E-state index < -0.39 is 0 Å². The summed E-state index contributed by atoms with van der Waals surface area (Å²) in [6, 6.07) is 18.8. The van der Waals surface area contributed by atoms with Gasteiger partial charge in [-0.3, -0.25) is 4.99 Å². The molecule has 0 spiro atoms. The third-order valence-electron chi connectivity index (χ3n) is 3.27. The van der Waals surface area contributed by atoms with E-state index in [9.17, 15) is 0 Å². The van der Waals surface area contributed by atoms with Crippen molar-refractivity contribution in [3.05, 3.63) is 83.4 Å². The molecular weight excluding hydrogens is 242 g/mol. The normalized spacial score (nSPS) is 12.0. The summed E-state index contributed by atoms with van der Waals surface area (Å²) in [5, 5.41) is 0. The second-order valence-corrected chi connectivity index (χ2v) is 4.76. The van der Waals surface area contributed by atoms with Crippen molar-refractivity contribution >= 4 is 5.71 Å². The van der Waals surface area contributed by atoms with E-state index in [0.717, 1.165) is 18.7 Å². The molecule has 0 saturated carbocycles. The maximum Gasteiger partial charge on any atom is 0.0643 e. The van der Waals surface area contributed by atoms with Crippen LogP contribution >= 0.6 is 0 Å². The fraction of sp³-hybridized carbons (Fsp3) is 0.211. The number of allylic oxidation sites excluding steroid dienone is 2. The smallest absolute Gasteiger partial charge is 0.0643 e. The Morgan fingerprint density at radius 2 is 1.70 bits per heavy atom. The average molecular weight is 263 g/mol. The van der Waals surface area contributed by atoms with Crippen molar-refractivity contribution in [3.8, 4) is 0 Å². The summed E-state index contributed by atoms with van der Waals surface area (Å²) in [6.45, 7) is 5.03. The van der Waals surface area contributed by atoms with Crippen LogP contribution in [0.5, 0.6) is 0 Å². The fourth-order valence-corrected chi connectivity index (χ4v) is 2.16. The molecule has 2 aromatic carbocycles. The molecule has 0 saturated heterocycles. The maximum atomic E-state index is 4.58. The van der Waals surface area contributed by atoms with Gasteiger partial charge >= 0.3 is 0 Å². The van der Waals surface area contributed by atoms with Crippen molar-refractivity contribution in [2.75, 3.05) is 6.54 Å². The van der Waals surface area contributed by atoms with Crippen molar-refractivity contribution < 1.29 is 0 Å². The van der Waals surface area contributed by atoms with Gasteiger partial charge < -0.3 is 0 Å². The highest BCUT2D eigenvalue weighted by atomic mass is 14.7. The minimum absolute atomic E-state index is 0.804. The first-order valence-electron chi connectivity index (χ1n) is 7.12. The van der Waals surface area contributed by atoms with Crippen molar-refractivity contribution in [2.24, 2.45) is 4.99 Å². The van der Waals surface area contributed by atoms with Gasteiger partial charge in [-0.2, -0.15) is 0 Å². The molecular formula is C19H21N. The van der Waals surface area contributed by atoms with E-state index in [0.29, 0.717) is 0 Å². The molecule has 2 rings (SSSR count). The fourth-order valence-electron chi connectivity index (χ4n) is 2.16. The molecule has 1 nitrogen and oxygen atoms in total. The highest BCUT2D eigenvalue weighted by Gasteiger charge is 1.98. The van der Waals surface area contributed by atoms with E-state index in [-0.39, 0.29) is 0 Å². The van der Waals surface area contributed by atoms with E-state index >= 15 is 0 Å². The van der Waals surface area contributed by atoms with Gasteiger partial charge in [0.1, 0.15) is 0 Å². The average Bonchev–Trinajstić information content (AvgIpc) is 2.49. The topological polar surface area (TPSA) is 12.4 Å². The number of aryl methyl sites for hydroxylation is 1. The monoisotopic (exact) mass is 263 g/mol. The zero-order valence-corrected chi connectivity index (χ0v) is 12.2. The SMILES string of the molecule is CCN=C(/C=C\Cc1ccccc1C)c1ccccc1. The molecule has 0 unspecified atom stereocenters. The van der Waals surface area contributed by atoms with Gasteiger partial charge in [0.15, 0.2) is 0 Å². The molecule has 102 valence electrons. The molecule has 0 aliphatic carbocycles. The molecule has 0 radical (unpaired) electrons. The van der Waals surface area contributed by atoms with Crippen LogP contribution in [0.1, 0.15) is 23.6 Å². The minimum Gasteiger partial charge on any atom is -0.285 e. The second-order valence-electron chi connectivity index (χ2n) is 4.76. The second kappa shape index (κ2) is 7.44. The van der Waals surface area contributed by atoms with Gasteiger partial charge in [-0.15, -0.1) is 0 Å². The Morgan fingerprint density at radius 3 is 2.40 bits per heavy atom. The summed E-state index contributed by atoms with van der Waals surface area (Å²) in [5.41, 5.74) is 4.94. The number of benzene rings is 2. The first-order chi connectivity index (χ1) is 9.81. The predicted molar refractivity (Wildman–Crippen MR) is 87.5 cm³/mol. The van der Waals surface area contributed by atoms with Crippen LogP contribution in [0.15, 0.2) is 71.7 Å². The Labute approximate surface area is 121 Å². The first-order valence-corrected chi connectivity index (χ1v) is 7.12. The lowest BCUT2D eigenvalue weighted by Crippen LogP contribution is -1.98. The Hall–Kier alpha value is -2.15. The molecule has 0 aromatic heterocycles. The lowest BCUT2D eigenvalue weighted by atomic mass is 10.0. The highest BCUT2D eigenvalue weighted by molar-refractivity contribution is 6.08. The third kappa shape index (κ3) is 3.92. The first kappa shape index (κ1) is 14.3. The van der Waals surface area contributed by atoms with Crippen LogP contribution in [0.4, 0.5) is 0 Å². The zero-order valence-electron chi connectivity index (χ0n) is 12.2. The molecule has 2 aromatic rings. The summed E-state index contributed by atoms with van der Waals surface area (Å²) < 4.78 is 0. The predicted octanol–water partition coefficient (Wildman–Crippen LogP) is 4.60. The standard InChI is InChI=1S/C19H21N/c1-3-20-19(18-12-5-4-6-13-18)15-9-14-17-11-8-7-10-16(17)2/h4-13,15H,3,14H2,1-2H3/b15-9-,20-19?. The summed E-state index contributed by atoms with van der Waals surface area (Å²) in [6.07, 6.45) is 5.28. The molecule has 1 heteroatoms. The van der Waals surface area contributed by atoms with Gasteiger partial charge in [0.05, 0.1) is 5.71 Å². The Kier molecular flexibility index (Phi) is 5.31. The highest BCUT2D eigenvalue weighted by Crippen LogP contribution is 2.09. The van der Waals surface area contributed by atoms with Gasteiger partial charge in [0.2, 0.25) is 0 Å². The quantitative estimate of drug-likeness (QED) is 0.699. The van der Waals surface area contributed by atoms with Crippen LogP contribution in [0, 0.1) is 6.92 Å².